The molecule has 0 amide bonds. The first-order valence-electron chi connectivity index (χ1n) is 10.4. The molecule has 0 saturated heterocycles. The Morgan fingerprint density at radius 3 is 2.49 bits per heavy atom. The van der Waals surface area contributed by atoms with Gasteiger partial charge in [-0.05, 0) is 53.6 Å². The van der Waals surface area contributed by atoms with Crippen molar-refractivity contribution in [1.82, 2.24) is 20.2 Å². The molecule has 174 valence electrons. The summed E-state index contributed by atoms with van der Waals surface area (Å²) in [7, 11) is -2.85. The summed E-state index contributed by atoms with van der Waals surface area (Å²) in [6, 6.07) is 16.2. The topological polar surface area (TPSA) is 107 Å². The molecule has 0 spiro atoms. The van der Waals surface area contributed by atoms with Gasteiger partial charge in [-0.1, -0.05) is 18.2 Å². The van der Waals surface area contributed by atoms with Crippen molar-refractivity contribution in [2.24, 2.45) is 0 Å². The zero-order valence-corrected chi connectivity index (χ0v) is 19.2. The van der Waals surface area contributed by atoms with Crippen LogP contribution in [0.5, 0.6) is 5.88 Å². The van der Waals surface area contributed by atoms with Gasteiger partial charge in [0.2, 0.25) is 5.88 Å². The van der Waals surface area contributed by atoms with Crippen molar-refractivity contribution < 1.29 is 17.5 Å². The molecule has 3 heterocycles. The fourth-order valence-electron chi connectivity index (χ4n) is 3.74. The van der Waals surface area contributed by atoms with Crippen molar-refractivity contribution in [3.05, 3.63) is 91.3 Å². The van der Waals surface area contributed by atoms with Crippen molar-refractivity contribution in [2.45, 2.75) is 4.90 Å². The Kier molecular flexibility index (Phi) is 5.79. The molecule has 8 nitrogen and oxygen atoms in total. The normalized spacial score (nSPS) is 11.4. The molecule has 0 atom stereocenters. The number of sulfonamides is 1. The Balaban J connectivity index is 1.59. The van der Waals surface area contributed by atoms with Crippen LogP contribution in [0.4, 0.5) is 10.1 Å². The van der Waals surface area contributed by atoms with E-state index in [4.69, 9.17) is 4.74 Å². The highest BCUT2D eigenvalue weighted by molar-refractivity contribution is 7.92. The molecule has 0 radical (unpaired) electrons. The third-order valence-electron chi connectivity index (χ3n) is 5.39. The highest BCUT2D eigenvalue weighted by Crippen LogP contribution is 2.34. The van der Waals surface area contributed by atoms with Crippen LogP contribution in [0.1, 0.15) is 0 Å². The summed E-state index contributed by atoms with van der Waals surface area (Å²) in [6.07, 6.45) is 6.59. The van der Waals surface area contributed by atoms with E-state index in [1.54, 1.807) is 30.9 Å². The number of benzene rings is 2. The standard InChI is InChI=1S/C25H18FN5O3S/c1-34-25-23(31-35(32,33)24-5-3-2-4-21(24)26)13-18(14-28-25)16-6-7-22-20(12-16)19(9-10-27-22)17-8-11-29-30-15-17/h2-15,31H,1H3. The summed E-state index contributed by atoms with van der Waals surface area (Å²) in [5, 5.41) is 8.67. The maximum atomic E-state index is 14.2. The van der Waals surface area contributed by atoms with Gasteiger partial charge in [0.05, 0.1) is 25.0 Å². The molecule has 3 aromatic heterocycles. The number of aromatic nitrogens is 4. The van der Waals surface area contributed by atoms with Crippen molar-refractivity contribution in [2.75, 3.05) is 11.8 Å². The molecule has 0 fully saturated rings. The summed E-state index contributed by atoms with van der Waals surface area (Å²) >= 11 is 0. The maximum Gasteiger partial charge on any atom is 0.264 e. The van der Waals surface area contributed by atoms with E-state index in [9.17, 15) is 12.8 Å². The lowest BCUT2D eigenvalue weighted by atomic mass is 9.99. The van der Waals surface area contributed by atoms with Crippen LogP contribution < -0.4 is 9.46 Å². The van der Waals surface area contributed by atoms with Crippen LogP contribution in [0.15, 0.2) is 90.3 Å². The van der Waals surface area contributed by atoms with E-state index in [1.807, 2.05) is 30.3 Å². The van der Waals surface area contributed by atoms with Gasteiger partial charge in [0.15, 0.2) is 0 Å². The highest BCUT2D eigenvalue weighted by Gasteiger charge is 2.21. The second-order valence-electron chi connectivity index (χ2n) is 7.54. The second kappa shape index (κ2) is 9.07. The van der Waals surface area contributed by atoms with E-state index < -0.39 is 20.7 Å². The van der Waals surface area contributed by atoms with Crippen molar-refractivity contribution in [1.29, 1.82) is 0 Å². The van der Waals surface area contributed by atoms with Crippen LogP contribution in [0.25, 0.3) is 33.2 Å². The van der Waals surface area contributed by atoms with Gasteiger partial charge >= 0.3 is 0 Å². The summed E-state index contributed by atoms with van der Waals surface area (Å²) in [5.74, 6) is -0.803. The second-order valence-corrected chi connectivity index (χ2v) is 9.19. The Morgan fingerprint density at radius 2 is 1.71 bits per heavy atom. The highest BCUT2D eigenvalue weighted by atomic mass is 32.2. The number of hydrogen-bond donors (Lipinski definition) is 1. The number of hydrogen-bond acceptors (Lipinski definition) is 7. The average Bonchev–Trinajstić information content (AvgIpc) is 2.88. The van der Waals surface area contributed by atoms with Gasteiger partial charge in [-0.3, -0.25) is 9.71 Å². The molecule has 0 aliphatic rings. The molecule has 1 N–H and O–H groups in total. The SMILES string of the molecule is COc1ncc(-c2ccc3nccc(-c4ccnnc4)c3c2)cc1NS(=O)(=O)c1ccccc1F. The molecule has 0 unspecified atom stereocenters. The Hall–Kier alpha value is -4.44. The summed E-state index contributed by atoms with van der Waals surface area (Å²) < 4.78 is 47.5. The third-order valence-corrected chi connectivity index (χ3v) is 6.78. The molecule has 0 aliphatic carbocycles. The number of nitrogens with one attached hydrogen (secondary N) is 1. The van der Waals surface area contributed by atoms with Crippen molar-refractivity contribution in [3.8, 4) is 28.1 Å². The Labute approximate surface area is 200 Å². The molecule has 5 rings (SSSR count). The summed E-state index contributed by atoms with van der Waals surface area (Å²) in [5.41, 5.74) is 4.07. The fraction of sp³-hybridized carbons (Fsp3) is 0.0400. The summed E-state index contributed by atoms with van der Waals surface area (Å²) in [6.45, 7) is 0. The van der Waals surface area contributed by atoms with E-state index in [1.165, 1.54) is 25.3 Å². The molecule has 2 aromatic carbocycles. The van der Waals surface area contributed by atoms with Crippen LogP contribution >= 0.6 is 0 Å². The first-order valence-corrected chi connectivity index (χ1v) is 11.9. The largest absolute Gasteiger partial charge is 0.480 e. The lowest BCUT2D eigenvalue weighted by Crippen LogP contribution is -2.15. The van der Waals surface area contributed by atoms with Crippen molar-refractivity contribution >= 4 is 26.6 Å². The first kappa shape index (κ1) is 22.4. The van der Waals surface area contributed by atoms with E-state index in [0.717, 1.165) is 33.7 Å². The smallest absolute Gasteiger partial charge is 0.264 e. The van der Waals surface area contributed by atoms with E-state index in [-0.39, 0.29) is 11.6 Å². The van der Waals surface area contributed by atoms with Gasteiger partial charge in [0.25, 0.3) is 10.0 Å². The van der Waals surface area contributed by atoms with Gasteiger partial charge in [-0.2, -0.15) is 10.2 Å². The number of rotatable bonds is 6. The zero-order chi connectivity index (χ0) is 24.4. The number of anilines is 1. The number of pyridine rings is 2. The van der Waals surface area contributed by atoms with Crippen molar-refractivity contribution in [3.63, 3.8) is 0 Å². The fourth-order valence-corrected chi connectivity index (χ4v) is 4.86. The van der Waals surface area contributed by atoms with Gasteiger partial charge in [-0.25, -0.2) is 17.8 Å². The lowest BCUT2D eigenvalue weighted by Gasteiger charge is -2.14. The van der Waals surface area contributed by atoms with Crippen LogP contribution in [0.3, 0.4) is 0 Å². The number of halogens is 1. The van der Waals surface area contributed by atoms with Gasteiger partial charge in [-0.15, -0.1) is 0 Å². The number of ether oxygens (including phenoxy) is 1. The minimum atomic E-state index is -4.22. The van der Waals surface area contributed by atoms with Crippen LogP contribution in [0.2, 0.25) is 0 Å². The molecular formula is C25H18FN5O3S. The molecule has 5 aromatic rings. The Morgan fingerprint density at radius 1 is 0.857 bits per heavy atom. The quantitative estimate of drug-likeness (QED) is 0.370. The molecule has 0 aliphatic heterocycles. The lowest BCUT2D eigenvalue weighted by molar-refractivity contribution is 0.400. The number of fused-ring (bicyclic) bond motifs is 1. The van der Waals surface area contributed by atoms with Gasteiger partial charge < -0.3 is 4.74 Å². The van der Waals surface area contributed by atoms with Gasteiger partial charge in [0, 0.05) is 28.9 Å². The summed E-state index contributed by atoms with van der Waals surface area (Å²) in [4.78, 5) is 8.22. The van der Waals surface area contributed by atoms with Crippen LogP contribution in [-0.2, 0) is 10.0 Å². The predicted molar refractivity (Wildman–Crippen MR) is 130 cm³/mol. The number of methoxy groups -OCH3 is 1. The van der Waals surface area contributed by atoms with E-state index in [0.29, 0.717) is 5.56 Å². The zero-order valence-electron chi connectivity index (χ0n) is 18.4. The monoisotopic (exact) mass is 487 g/mol. The molecule has 0 bridgehead atoms. The number of nitrogens with zero attached hydrogens (tertiary/aromatic N) is 4. The average molecular weight is 488 g/mol. The maximum absolute atomic E-state index is 14.2. The molecular weight excluding hydrogens is 469 g/mol. The third kappa shape index (κ3) is 4.38. The minimum absolute atomic E-state index is 0.0552. The van der Waals surface area contributed by atoms with Gasteiger partial charge in [0.1, 0.15) is 16.4 Å². The minimum Gasteiger partial charge on any atom is -0.480 e. The Bertz CT molecular complexity index is 1650. The molecule has 0 saturated carbocycles. The van der Waals surface area contributed by atoms with Crippen LogP contribution in [0, 0.1) is 5.82 Å². The predicted octanol–water partition coefficient (Wildman–Crippen LogP) is 4.70. The van der Waals surface area contributed by atoms with E-state index >= 15 is 0 Å². The first-order chi connectivity index (χ1) is 17.0. The van der Waals surface area contributed by atoms with Crippen LogP contribution in [-0.4, -0.2) is 35.7 Å². The van der Waals surface area contributed by atoms with E-state index in [2.05, 4.69) is 24.9 Å². The molecule has 35 heavy (non-hydrogen) atoms. The molecule has 10 heteroatoms.